The molecule has 0 aliphatic carbocycles. The minimum Gasteiger partial charge on any atom is -0.271 e. The quantitative estimate of drug-likeness (QED) is 0.480. The third kappa shape index (κ3) is 4.87. The van der Waals surface area contributed by atoms with Crippen molar-refractivity contribution in [1.29, 1.82) is 0 Å². The van der Waals surface area contributed by atoms with Gasteiger partial charge in [-0.15, -0.1) is 11.8 Å². The van der Waals surface area contributed by atoms with Gasteiger partial charge in [0.05, 0.1) is 0 Å². The maximum Gasteiger partial charge on any atom is 0.0311 e. The summed E-state index contributed by atoms with van der Waals surface area (Å²) in [6, 6.07) is 8.64. The fraction of sp³-hybridized carbons (Fsp3) is 0.500. The Morgan fingerprint density at radius 1 is 1.38 bits per heavy atom. The third-order valence-corrected chi connectivity index (χ3v) is 4.46. The van der Waals surface area contributed by atoms with Gasteiger partial charge in [-0.3, -0.25) is 11.3 Å². The van der Waals surface area contributed by atoms with E-state index in [1.807, 2.05) is 17.8 Å². The summed E-state index contributed by atoms with van der Waals surface area (Å²) < 4.78 is 1.15. The van der Waals surface area contributed by atoms with Crippen molar-refractivity contribution in [3.8, 4) is 0 Å². The molecule has 0 bridgehead atoms. The van der Waals surface area contributed by atoms with Gasteiger partial charge in [-0.2, -0.15) is 0 Å². The van der Waals surface area contributed by atoms with E-state index in [1.165, 1.54) is 4.90 Å². The monoisotopic (exact) mass is 302 g/mol. The summed E-state index contributed by atoms with van der Waals surface area (Å²) >= 11 is 5.38. The van der Waals surface area contributed by atoms with E-state index in [4.69, 9.17) is 5.84 Å². The number of hydrazine groups is 1. The van der Waals surface area contributed by atoms with Gasteiger partial charge in [0.1, 0.15) is 0 Å². The summed E-state index contributed by atoms with van der Waals surface area (Å²) in [5, 5.41) is 0. The topological polar surface area (TPSA) is 38.0 Å². The van der Waals surface area contributed by atoms with Crippen LogP contribution in [0.1, 0.15) is 20.3 Å². The van der Waals surface area contributed by atoms with Gasteiger partial charge in [0.2, 0.25) is 0 Å². The average Bonchev–Trinajstić information content (AvgIpc) is 2.25. The van der Waals surface area contributed by atoms with E-state index in [0.29, 0.717) is 12.0 Å². The highest BCUT2D eigenvalue weighted by Gasteiger charge is 2.10. The second-order valence-corrected chi connectivity index (χ2v) is 6.15. The van der Waals surface area contributed by atoms with Gasteiger partial charge in [0, 0.05) is 21.2 Å². The van der Waals surface area contributed by atoms with Gasteiger partial charge in [-0.25, -0.2) is 0 Å². The van der Waals surface area contributed by atoms with E-state index >= 15 is 0 Å². The summed E-state index contributed by atoms with van der Waals surface area (Å²) in [7, 11) is 0. The predicted octanol–water partition coefficient (Wildman–Crippen LogP) is 3.42. The third-order valence-electron chi connectivity index (χ3n) is 2.27. The molecule has 1 unspecified atom stereocenters. The summed E-state index contributed by atoms with van der Waals surface area (Å²) in [6.07, 6.45) is 1.11. The van der Waals surface area contributed by atoms with Gasteiger partial charge >= 0.3 is 0 Å². The summed E-state index contributed by atoms with van der Waals surface area (Å²) in [5.41, 5.74) is 2.89. The molecule has 0 saturated carbocycles. The lowest BCUT2D eigenvalue weighted by atomic mass is 10.1. The molecular formula is C12H19BrN2S. The van der Waals surface area contributed by atoms with E-state index in [1.54, 1.807) is 0 Å². The van der Waals surface area contributed by atoms with E-state index < -0.39 is 0 Å². The van der Waals surface area contributed by atoms with Gasteiger partial charge in [-0.05, 0) is 40.4 Å². The molecule has 2 nitrogen and oxygen atoms in total. The van der Waals surface area contributed by atoms with Crippen LogP contribution in [0.3, 0.4) is 0 Å². The minimum absolute atomic E-state index is 0.372. The van der Waals surface area contributed by atoms with Crippen LogP contribution in [0.5, 0.6) is 0 Å². The Morgan fingerprint density at radius 2 is 2.06 bits per heavy atom. The second-order valence-electron chi connectivity index (χ2n) is 4.23. The molecule has 0 aliphatic heterocycles. The van der Waals surface area contributed by atoms with Crippen molar-refractivity contribution in [2.24, 2.45) is 11.8 Å². The van der Waals surface area contributed by atoms with E-state index in [2.05, 4.69) is 53.4 Å². The van der Waals surface area contributed by atoms with Crippen molar-refractivity contribution in [1.82, 2.24) is 5.43 Å². The normalized spacial score (nSPS) is 13.1. The minimum atomic E-state index is 0.372. The Bertz CT molecular complexity index is 318. The van der Waals surface area contributed by atoms with Crippen LogP contribution in [0, 0.1) is 5.92 Å². The molecule has 90 valence electrons. The number of halogens is 1. The zero-order valence-corrected chi connectivity index (χ0v) is 12.1. The van der Waals surface area contributed by atoms with Crippen LogP contribution in [-0.4, -0.2) is 11.8 Å². The van der Waals surface area contributed by atoms with Crippen LogP contribution in [0.2, 0.25) is 0 Å². The molecule has 0 saturated heterocycles. The first kappa shape index (κ1) is 14.0. The summed E-state index contributed by atoms with van der Waals surface area (Å²) in [5.74, 6) is 7.21. The Morgan fingerprint density at radius 3 is 2.62 bits per heavy atom. The van der Waals surface area contributed by atoms with E-state index in [0.717, 1.165) is 16.6 Å². The molecule has 0 aromatic heterocycles. The number of nitrogens with one attached hydrogen (secondary N) is 1. The first-order valence-electron chi connectivity index (χ1n) is 5.47. The Hall–Kier alpha value is -0.0300. The van der Waals surface area contributed by atoms with Gasteiger partial charge in [0.15, 0.2) is 0 Å². The fourth-order valence-corrected chi connectivity index (χ4v) is 3.13. The number of benzene rings is 1. The van der Waals surface area contributed by atoms with Gasteiger partial charge < -0.3 is 0 Å². The maximum atomic E-state index is 5.55. The number of rotatable bonds is 6. The fourth-order valence-electron chi connectivity index (χ4n) is 1.51. The van der Waals surface area contributed by atoms with Crippen LogP contribution in [0.4, 0.5) is 0 Å². The molecule has 16 heavy (non-hydrogen) atoms. The highest BCUT2D eigenvalue weighted by Crippen LogP contribution is 2.28. The smallest absolute Gasteiger partial charge is 0.0311 e. The average molecular weight is 303 g/mol. The molecule has 0 spiro atoms. The van der Waals surface area contributed by atoms with Crippen molar-refractivity contribution in [3.63, 3.8) is 0 Å². The standard InChI is InChI=1S/C12H19BrN2S/c1-9(2)7-10(15-14)8-16-12-6-4-3-5-11(12)13/h3-6,9-10,15H,7-8,14H2,1-2H3. The van der Waals surface area contributed by atoms with Crippen LogP contribution in [0.15, 0.2) is 33.6 Å². The molecule has 1 rings (SSSR count). The first-order chi connectivity index (χ1) is 7.63. The Labute approximate surface area is 110 Å². The van der Waals surface area contributed by atoms with E-state index in [-0.39, 0.29) is 0 Å². The van der Waals surface area contributed by atoms with Gasteiger partial charge in [-0.1, -0.05) is 26.0 Å². The highest BCUT2D eigenvalue weighted by atomic mass is 79.9. The molecule has 3 N–H and O–H groups in total. The largest absolute Gasteiger partial charge is 0.271 e. The highest BCUT2D eigenvalue weighted by molar-refractivity contribution is 9.10. The van der Waals surface area contributed by atoms with Crippen molar-refractivity contribution in [2.45, 2.75) is 31.2 Å². The molecule has 4 heteroatoms. The van der Waals surface area contributed by atoms with Crippen LogP contribution in [-0.2, 0) is 0 Å². The first-order valence-corrected chi connectivity index (χ1v) is 7.24. The molecule has 0 fully saturated rings. The zero-order chi connectivity index (χ0) is 12.0. The predicted molar refractivity (Wildman–Crippen MR) is 75.4 cm³/mol. The van der Waals surface area contributed by atoms with E-state index in [9.17, 15) is 0 Å². The molecule has 0 amide bonds. The van der Waals surface area contributed by atoms with Crippen molar-refractivity contribution in [2.75, 3.05) is 5.75 Å². The van der Waals surface area contributed by atoms with Crippen molar-refractivity contribution < 1.29 is 0 Å². The molecule has 1 aromatic carbocycles. The number of nitrogens with two attached hydrogens (primary N) is 1. The molecular weight excluding hydrogens is 284 g/mol. The second kappa shape index (κ2) is 7.33. The summed E-state index contributed by atoms with van der Waals surface area (Å²) in [6.45, 7) is 4.43. The lowest BCUT2D eigenvalue weighted by Gasteiger charge is -2.17. The van der Waals surface area contributed by atoms with Crippen LogP contribution < -0.4 is 11.3 Å². The molecule has 0 aliphatic rings. The Kier molecular flexibility index (Phi) is 6.43. The van der Waals surface area contributed by atoms with Crippen LogP contribution in [0.25, 0.3) is 0 Å². The zero-order valence-electron chi connectivity index (χ0n) is 9.74. The SMILES string of the molecule is CC(C)CC(CSc1ccccc1Br)NN. The number of hydrogen-bond donors (Lipinski definition) is 2. The van der Waals surface area contributed by atoms with Crippen LogP contribution >= 0.6 is 27.7 Å². The molecule has 0 radical (unpaired) electrons. The lowest BCUT2D eigenvalue weighted by Crippen LogP contribution is -2.37. The molecule has 0 heterocycles. The maximum absolute atomic E-state index is 5.55. The number of hydrogen-bond acceptors (Lipinski definition) is 3. The van der Waals surface area contributed by atoms with Gasteiger partial charge in [0.25, 0.3) is 0 Å². The lowest BCUT2D eigenvalue weighted by molar-refractivity contribution is 0.456. The molecule has 1 atom stereocenters. The van der Waals surface area contributed by atoms with Crippen molar-refractivity contribution >= 4 is 27.7 Å². The summed E-state index contributed by atoms with van der Waals surface area (Å²) in [4.78, 5) is 1.27. The number of thioether (sulfide) groups is 1. The molecule has 1 aromatic rings. The van der Waals surface area contributed by atoms with Crippen molar-refractivity contribution in [3.05, 3.63) is 28.7 Å². The Balaban J connectivity index is 2.46.